The van der Waals surface area contributed by atoms with Crippen LogP contribution < -0.4 is 15.7 Å². The summed E-state index contributed by atoms with van der Waals surface area (Å²) in [7, 11) is 0. The Balaban J connectivity index is 1.35. The predicted octanol–water partition coefficient (Wildman–Crippen LogP) is 4.95. The molecule has 3 heterocycles. The van der Waals surface area contributed by atoms with Crippen LogP contribution in [0.2, 0.25) is 0 Å². The minimum absolute atomic E-state index is 0.0255. The quantitative estimate of drug-likeness (QED) is 0.254. The first kappa shape index (κ1) is 25.2. The van der Waals surface area contributed by atoms with Crippen molar-refractivity contribution in [3.05, 3.63) is 115 Å². The molecule has 1 amide bonds. The largest absolute Gasteiger partial charge is 0.428 e. The third-order valence-corrected chi connectivity index (χ3v) is 6.96. The van der Waals surface area contributed by atoms with Crippen molar-refractivity contribution in [2.45, 2.75) is 26.3 Å². The Morgan fingerprint density at radius 3 is 2.40 bits per heavy atom. The highest BCUT2D eigenvalue weighted by Gasteiger charge is 2.26. The number of H-pyrrole nitrogens is 2. The molecule has 3 N–H and O–H groups in total. The number of aromatic amines is 2. The van der Waals surface area contributed by atoms with E-state index in [4.69, 9.17) is 21.4 Å². The van der Waals surface area contributed by atoms with Crippen LogP contribution in [0, 0.1) is 18.5 Å². The van der Waals surface area contributed by atoms with Gasteiger partial charge in [0.15, 0.2) is 0 Å². The number of benzene rings is 2. The van der Waals surface area contributed by atoms with Gasteiger partial charge in [0.2, 0.25) is 5.95 Å². The Morgan fingerprint density at radius 1 is 1.05 bits per heavy atom. The highest BCUT2D eigenvalue weighted by atomic mass is 32.1. The van der Waals surface area contributed by atoms with Gasteiger partial charge in [0.05, 0.1) is 6.54 Å². The van der Waals surface area contributed by atoms with Gasteiger partial charge in [-0.25, -0.2) is 14.7 Å². The Bertz CT molecular complexity index is 1830. The molecule has 0 radical (unpaired) electrons. The van der Waals surface area contributed by atoms with Crippen molar-refractivity contribution in [2.75, 3.05) is 5.32 Å². The summed E-state index contributed by atoms with van der Waals surface area (Å²) >= 11 is 5.70. The van der Waals surface area contributed by atoms with Gasteiger partial charge in [0.1, 0.15) is 10.4 Å². The minimum Gasteiger partial charge on any atom is -0.428 e. The Morgan fingerprint density at radius 2 is 1.75 bits per heavy atom. The summed E-state index contributed by atoms with van der Waals surface area (Å²) in [4.78, 5) is 27.8. The molecule has 3 aromatic heterocycles. The monoisotopic (exact) mass is 553 g/mol. The number of aromatic nitrogens is 6. The van der Waals surface area contributed by atoms with Crippen LogP contribution in [0.5, 0.6) is 5.95 Å². The van der Waals surface area contributed by atoms with Gasteiger partial charge in [-0.05, 0) is 52.6 Å². The predicted molar refractivity (Wildman–Crippen MR) is 150 cm³/mol. The second-order valence-electron chi connectivity index (χ2n) is 9.49. The second-order valence-corrected chi connectivity index (χ2v) is 9.90. The molecule has 0 aliphatic heterocycles. The van der Waals surface area contributed by atoms with Crippen molar-refractivity contribution < 1.29 is 13.9 Å². The molecule has 0 bridgehead atoms. The van der Waals surface area contributed by atoms with Gasteiger partial charge in [-0.3, -0.25) is 14.9 Å². The number of carbonyl (C=O) groups excluding carboxylic acids is 1. The van der Waals surface area contributed by atoms with Crippen molar-refractivity contribution in [3.8, 4) is 5.95 Å². The van der Waals surface area contributed by atoms with Gasteiger partial charge in [0.25, 0.3) is 5.95 Å². The lowest BCUT2D eigenvalue weighted by Gasteiger charge is -2.22. The molecule has 2 aromatic carbocycles. The highest BCUT2D eigenvalue weighted by molar-refractivity contribution is 7.71. The molecule has 0 spiro atoms. The van der Waals surface area contributed by atoms with Gasteiger partial charge in [-0.15, -0.1) is 0 Å². The van der Waals surface area contributed by atoms with E-state index >= 15 is 0 Å². The van der Waals surface area contributed by atoms with Gasteiger partial charge < -0.3 is 9.15 Å². The fourth-order valence-corrected chi connectivity index (χ4v) is 5.08. The first-order valence-electron chi connectivity index (χ1n) is 12.4. The number of anilines is 1. The van der Waals surface area contributed by atoms with Crippen LogP contribution in [-0.2, 0) is 6.54 Å². The van der Waals surface area contributed by atoms with Gasteiger partial charge in [-0.2, -0.15) is 0 Å². The summed E-state index contributed by atoms with van der Waals surface area (Å²) in [5, 5.41) is 15.0. The van der Waals surface area contributed by atoms with E-state index in [1.165, 1.54) is 10.6 Å². The van der Waals surface area contributed by atoms with Crippen LogP contribution in [-0.4, -0.2) is 36.3 Å². The molecule has 200 valence electrons. The summed E-state index contributed by atoms with van der Waals surface area (Å²) in [6.45, 7) is 4.21. The van der Waals surface area contributed by atoms with Crippen LogP contribution >= 0.6 is 12.2 Å². The average Bonchev–Trinajstić information content (AvgIpc) is 3.56. The number of hydrogen-bond acceptors (Lipinski definition) is 8. The molecule has 6 rings (SSSR count). The van der Waals surface area contributed by atoms with Crippen LogP contribution in [0.1, 0.15) is 50.6 Å². The van der Waals surface area contributed by atoms with Crippen molar-refractivity contribution in [1.29, 1.82) is 0 Å². The molecule has 12 heteroatoms. The zero-order valence-electron chi connectivity index (χ0n) is 21.5. The first-order chi connectivity index (χ1) is 19.3. The number of hydrogen-bond donors (Lipinski definition) is 3. The van der Waals surface area contributed by atoms with Crippen molar-refractivity contribution in [2.24, 2.45) is 0 Å². The molecule has 0 saturated heterocycles. The Hall–Kier alpha value is -5.10. The maximum Gasteiger partial charge on any atom is 0.421 e. The Labute approximate surface area is 232 Å². The zero-order chi connectivity index (χ0) is 27.8. The maximum absolute atomic E-state index is 13.0. The van der Waals surface area contributed by atoms with Crippen molar-refractivity contribution in [1.82, 2.24) is 30.2 Å². The van der Waals surface area contributed by atoms with Crippen LogP contribution in [0.15, 0.2) is 63.9 Å². The number of fused-ring (bicyclic) bond motifs is 2. The van der Waals surface area contributed by atoms with Crippen LogP contribution in [0.25, 0.3) is 12.2 Å². The molecule has 1 aliphatic carbocycles. The minimum atomic E-state index is -0.840. The number of carbonyl (C=O) groups is 1. The van der Waals surface area contributed by atoms with Crippen molar-refractivity contribution in [3.63, 3.8) is 0 Å². The van der Waals surface area contributed by atoms with Gasteiger partial charge in [-0.1, -0.05) is 77.0 Å². The number of rotatable bonds is 5. The number of nitrogens with one attached hydrogen (secondary N) is 3. The average molecular weight is 554 g/mol. The van der Waals surface area contributed by atoms with E-state index in [2.05, 4.69) is 93.3 Å². The smallest absolute Gasteiger partial charge is 0.421 e. The fraction of sp³-hybridized carbons (Fsp3) is 0.143. The zero-order valence-corrected chi connectivity index (χ0v) is 22.3. The summed E-state index contributed by atoms with van der Waals surface area (Å²) in [6.07, 6.45) is 5.19. The molecule has 5 aromatic rings. The third kappa shape index (κ3) is 4.99. The number of tetrazole rings is 1. The molecule has 0 atom stereocenters. The van der Waals surface area contributed by atoms with E-state index in [-0.39, 0.29) is 30.0 Å². The molecule has 0 unspecified atom stereocenters. The molecular weight excluding hydrogens is 530 g/mol. The summed E-state index contributed by atoms with van der Waals surface area (Å²) in [5.41, 5.74) is 7.09. The summed E-state index contributed by atoms with van der Waals surface area (Å²) in [6, 6.07) is 15.8. The topological polar surface area (TPSA) is 144 Å². The van der Waals surface area contributed by atoms with Gasteiger partial charge in [0, 0.05) is 23.7 Å². The number of aryl methyl sites for hydroxylation is 2. The van der Waals surface area contributed by atoms with Crippen LogP contribution in [0.4, 0.5) is 10.7 Å². The molecule has 40 heavy (non-hydrogen) atoms. The lowest BCUT2D eigenvalue weighted by atomic mass is 9.83. The Kier molecular flexibility index (Phi) is 6.44. The normalized spacial score (nSPS) is 12.4. The maximum atomic E-state index is 13.0. The lowest BCUT2D eigenvalue weighted by Crippen LogP contribution is -2.25. The molecule has 0 saturated carbocycles. The first-order valence-corrected chi connectivity index (χ1v) is 12.8. The van der Waals surface area contributed by atoms with E-state index in [0.29, 0.717) is 10.4 Å². The SMILES string of the molecule is Cc1ccc2c(c1)C=Cc1cc(C)ccc1C2c1cn(Cc2ccc(OC(=O)Nc3nnn[nH]3)o2)c(=O)[nH]c1=S. The van der Waals surface area contributed by atoms with Crippen LogP contribution in [0.3, 0.4) is 0 Å². The number of furan rings is 1. The second kappa shape index (κ2) is 10.2. The van der Waals surface area contributed by atoms with Crippen molar-refractivity contribution >= 4 is 36.4 Å². The number of amides is 1. The molecule has 0 fully saturated rings. The number of ether oxygens (including phenoxy) is 1. The fourth-order valence-electron chi connectivity index (χ4n) is 4.83. The third-order valence-electron chi connectivity index (χ3n) is 6.62. The lowest BCUT2D eigenvalue weighted by molar-refractivity contribution is 0.200. The molecule has 1 aliphatic rings. The van der Waals surface area contributed by atoms with E-state index < -0.39 is 6.09 Å². The summed E-state index contributed by atoms with van der Waals surface area (Å²) in [5.74, 6) is 0.164. The molecular formula is C28H23N7O4S. The van der Waals surface area contributed by atoms with E-state index in [1.54, 1.807) is 12.3 Å². The standard InChI is InChI=1S/C28H23N7O4S/c1-15-3-8-20-17(11-15)5-6-18-12-16(2)4-9-21(18)24(20)22-14-35(27(36)29-25(22)40)13-19-7-10-23(38-19)39-28(37)30-26-31-33-34-32-26/h3-12,14,24H,13H2,1-2H3,(H,29,36,40)(H2,30,31,32,33,34,37). The van der Waals surface area contributed by atoms with Gasteiger partial charge >= 0.3 is 11.8 Å². The van der Waals surface area contributed by atoms with E-state index in [1.807, 2.05) is 0 Å². The number of nitrogens with zero attached hydrogens (tertiary/aromatic N) is 4. The summed E-state index contributed by atoms with van der Waals surface area (Å²) < 4.78 is 12.6. The van der Waals surface area contributed by atoms with E-state index in [9.17, 15) is 9.59 Å². The van der Waals surface area contributed by atoms with E-state index in [0.717, 1.165) is 38.9 Å². The molecule has 11 nitrogen and oxygen atoms in total. The highest BCUT2D eigenvalue weighted by Crippen LogP contribution is 2.40.